The average Bonchev–Trinajstić information content (AvgIpc) is 2.69. The van der Waals surface area contributed by atoms with E-state index in [4.69, 9.17) is 0 Å². The Balaban J connectivity index is 1.51. The number of aromatic hydroxyl groups is 1. The van der Waals surface area contributed by atoms with Gasteiger partial charge in [0, 0.05) is 37.9 Å². The zero-order valence-corrected chi connectivity index (χ0v) is 16.1. The fourth-order valence-corrected chi connectivity index (χ4v) is 3.59. The highest BCUT2D eigenvalue weighted by atomic mass is 16.3. The third-order valence-electron chi connectivity index (χ3n) is 5.15. The number of phenolic OH excluding ortho intramolecular Hbond substituents is 1. The van der Waals surface area contributed by atoms with E-state index in [0.717, 1.165) is 31.9 Å². The monoisotopic (exact) mass is 367 g/mol. The van der Waals surface area contributed by atoms with Crippen molar-refractivity contribution in [2.45, 2.75) is 19.9 Å². The summed E-state index contributed by atoms with van der Waals surface area (Å²) in [7, 11) is 0. The predicted octanol–water partition coefficient (Wildman–Crippen LogP) is 3.03. The maximum atomic E-state index is 12.7. The lowest BCUT2D eigenvalue weighted by Gasteiger charge is -2.36. The number of anilines is 1. The standard InChI is InChI=1S/C22H29N3O2/c1-17(2)22(18-6-4-3-5-7-18)23-16-21(27)25-14-12-24(13-15-25)19-8-10-20(26)11-9-19/h3-11,17,22-23,26H,12-16H2,1-2H3/t22-/m1/s1. The second kappa shape index (κ2) is 8.91. The molecule has 5 heteroatoms. The molecule has 144 valence electrons. The molecule has 5 nitrogen and oxygen atoms in total. The van der Waals surface area contributed by atoms with E-state index in [1.165, 1.54) is 5.56 Å². The van der Waals surface area contributed by atoms with Gasteiger partial charge in [-0.15, -0.1) is 0 Å². The summed E-state index contributed by atoms with van der Waals surface area (Å²) in [6.45, 7) is 7.76. The summed E-state index contributed by atoms with van der Waals surface area (Å²) in [5, 5.41) is 12.9. The van der Waals surface area contributed by atoms with Crippen LogP contribution >= 0.6 is 0 Å². The zero-order chi connectivity index (χ0) is 19.2. The molecule has 1 saturated heterocycles. The van der Waals surface area contributed by atoms with Gasteiger partial charge < -0.3 is 20.2 Å². The van der Waals surface area contributed by atoms with E-state index in [1.54, 1.807) is 12.1 Å². The van der Waals surface area contributed by atoms with Crippen LogP contribution in [0.25, 0.3) is 0 Å². The SMILES string of the molecule is CC(C)[C@@H](NCC(=O)N1CCN(c2ccc(O)cc2)CC1)c1ccccc1. The first-order valence-electron chi connectivity index (χ1n) is 9.64. The van der Waals surface area contributed by atoms with Gasteiger partial charge >= 0.3 is 0 Å². The minimum Gasteiger partial charge on any atom is -0.508 e. The molecule has 2 aromatic carbocycles. The Morgan fingerprint density at radius 3 is 2.22 bits per heavy atom. The van der Waals surface area contributed by atoms with Crippen molar-refractivity contribution >= 4 is 11.6 Å². The van der Waals surface area contributed by atoms with Crippen LogP contribution in [0.15, 0.2) is 54.6 Å². The molecule has 1 fully saturated rings. The summed E-state index contributed by atoms with van der Waals surface area (Å²) in [6, 6.07) is 17.7. The lowest BCUT2D eigenvalue weighted by molar-refractivity contribution is -0.130. The van der Waals surface area contributed by atoms with Gasteiger partial charge in [0.25, 0.3) is 0 Å². The Hall–Kier alpha value is -2.53. The van der Waals surface area contributed by atoms with Gasteiger partial charge in [0.05, 0.1) is 6.54 Å². The predicted molar refractivity (Wildman–Crippen MR) is 109 cm³/mol. The topological polar surface area (TPSA) is 55.8 Å². The van der Waals surface area contributed by atoms with Crippen molar-refractivity contribution in [3.63, 3.8) is 0 Å². The molecule has 0 aliphatic carbocycles. The first-order valence-corrected chi connectivity index (χ1v) is 9.64. The molecule has 0 saturated carbocycles. The van der Waals surface area contributed by atoms with Gasteiger partial charge in [0.1, 0.15) is 5.75 Å². The minimum atomic E-state index is 0.155. The van der Waals surface area contributed by atoms with Crippen LogP contribution in [0.1, 0.15) is 25.5 Å². The normalized spacial score (nSPS) is 15.8. The molecule has 27 heavy (non-hydrogen) atoms. The maximum absolute atomic E-state index is 12.7. The number of benzene rings is 2. The Kier molecular flexibility index (Phi) is 6.35. The number of phenols is 1. The van der Waals surface area contributed by atoms with Gasteiger partial charge in [-0.3, -0.25) is 4.79 Å². The highest BCUT2D eigenvalue weighted by molar-refractivity contribution is 5.78. The summed E-state index contributed by atoms with van der Waals surface area (Å²) < 4.78 is 0. The van der Waals surface area contributed by atoms with Crippen molar-refractivity contribution in [1.82, 2.24) is 10.2 Å². The molecule has 0 spiro atoms. The van der Waals surface area contributed by atoms with E-state index >= 15 is 0 Å². The molecule has 1 atom stereocenters. The van der Waals surface area contributed by atoms with Crippen molar-refractivity contribution in [3.05, 3.63) is 60.2 Å². The van der Waals surface area contributed by atoms with Gasteiger partial charge in [-0.1, -0.05) is 44.2 Å². The van der Waals surface area contributed by atoms with Crippen LogP contribution in [0.2, 0.25) is 0 Å². The van der Waals surface area contributed by atoms with Gasteiger partial charge in [-0.2, -0.15) is 0 Å². The Morgan fingerprint density at radius 2 is 1.63 bits per heavy atom. The molecule has 0 bridgehead atoms. The number of piperazine rings is 1. The zero-order valence-electron chi connectivity index (χ0n) is 16.1. The van der Waals surface area contributed by atoms with E-state index in [-0.39, 0.29) is 17.7 Å². The number of amides is 1. The van der Waals surface area contributed by atoms with E-state index in [9.17, 15) is 9.90 Å². The maximum Gasteiger partial charge on any atom is 0.236 e. The van der Waals surface area contributed by atoms with E-state index in [1.807, 2.05) is 35.2 Å². The van der Waals surface area contributed by atoms with Crippen LogP contribution in [0, 0.1) is 5.92 Å². The highest BCUT2D eigenvalue weighted by Crippen LogP contribution is 2.22. The lowest BCUT2D eigenvalue weighted by Crippen LogP contribution is -2.51. The lowest BCUT2D eigenvalue weighted by atomic mass is 9.96. The third kappa shape index (κ3) is 5.01. The number of carbonyl (C=O) groups excluding carboxylic acids is 1. The fourth-order valence-electron chi connectivity index (χ4n) is 3.59. The second-order valence-corrected chi connectivity index (χ2v) is 7.40. The molecule has 2 N–H and O–H groups in total. The van der Waals surface area contributed by atoms with Crippen LogP contribution in [-0.4, -0.2) is 48.6 Å². The molecule has 3 rings (SSSR count). The Morgan fingerprint density at radius 1 is 1.00 bits per heavy atom. The molecule has 2 aromatic rings. The van der Waals surface area contributed by atoms with Crippen LogP contribution in [0.4, 0.5) is 5.69 Å². The molecule has 0 unspecified atom stereocenters. The summed E-state index contributed by atoms with van der Waals surface area (Å²) in [6.07, 6.45) is 0. The van der Waals surface area contributed by atoms with E-state index in [0.29, 0.717) is 12.5 Å². The largest absolute Gasteiger partial charge is 0.508 e. The molecule has 0 aromatic heterocycles. The molecular weight excluding hydrogens is 338 g/mol. The van der Waals surface area contributed by atoms with Gasteiger partial charge in [-0.25, -0.2) is 0 Å². The first kappa shape index (κ1) is 19.2. The number of carbonyl (C=O) groups is 1. The van der Waals surface area contributed by atoms with Crippen LogP contribution in [0.3, 0.4) is 0 Å². The molecule has 1 heterocycles. The first-order chi connectivity index (χ1) is 13.0. The number of rotatable bonds is 6. The van der Waals surface area contributed by atoms with Crippen LogP contribution < -0.4 is 10.2 Å². The highest BCUT2D eigenvalue weighted by Gasteiger charge is 2.23. The number of hydrogen-bond acceptors (Lipinski definition) is 4. The molecular formula is C22H29N3O2. The quantitative estimate of drug-likeness (QED) is 0.824. The smallest absolute Gasteiger partial charge is 0.236 e. The summed E-state index contributed by atoms with van der Waals surface area (Å²) >= 11 is 0. The molecule has 1 aliphatic rings. The minimum absolute atomic E-state index is 0.155. The second-order valence-electron chi connectivity index (χ2n) is 7.40. The van der Waals surface area contributed by atoms with Crippen molar-refractivity contribution in [2.24, 2.45) is 5.92 Å². The van der Waals surface area contributed by atoms with Gasteiger partial charge in [0.2, 0.25) is 5.91 Å². The fraction of sp³-hybridized carbons (Fsp3) is 0.409. The van der Waals surface area contributed by atoms with Crippen molar-refractivity contribution in [1.29, 1.82) is 0 Å². The summed E-state index contributed by atoms with van der Waals surface area (Å²) in [5.74, 6) is 0.838. The molecule has 1 aliphatic heterocycles. The van der Waals surface area contributed by atoms with Crippen LogP contribution in [0.5, 0.6) is 5.75 Å². The number of nitrogens with zero attached hydrogens (tertiary/aromatic N) is 2. The number of nitrogens with one attached hydrogen (secondary N) is 1. The average molecular weight is 367 g/mol. The van der Waals surface area contributed by atoms with E-state index < -0.39 is 0 Å². The summed E-state index contributed by atoms with van der Waals surface area (Å²) in [4.78, 5) is 16.8. The van der Waals surface area contributed by atoms with Gasteiger partial charge in [-0.05, 0) is 35.7 Å². The van der Waals surface area contributed by atoms with Crippen LogP contribution in [-0.2, 0) is 4.79 Å². The Bertz CT molecular complexity index is 723. The Labute approximate surface area is 161 Å². The van der Waals surface area contributed by atoms with Crippen molar-refractivity contribution in [2.75, 3.05) is 37.6 Å². The van der Waals surface area contributed by atoms with E-state index in [2.05, 4.69) is 36.2 Å². The molecule has 0 radical (unpaired) electrons. The number of hydrogen-bond donors (Lipinski definition) is 2. The molecule has 1 amide bonds. The third-order valence-corrected chi connectivity index (χ3v) is 5.15. The summed E-state index contributed by atoms with van der Waals surface area (Å²) in [5.41, 5.74) is 2.31. The van der Waals surface area contributed by atoms with Crippen molar-refractivity contribution in [3.8, 4) is 5.75 Å². The van der Waals surface area contributed by atoms with Crippen molar-refractivity contribution < 1.29 is 9.90 Å². The van der Waals surface area contributed by atoms with Gasteiger partial charge in [0.15, 0.2) is 0 Å².